The summed E-state index contributed by atoms with van der Waals surface area (Å²) in [6.07, 6.45) is -3.09. The highest BCUT2D eigenvalue weighted by Crippen LogP contribution is 2.27. The third-order valence-corrected chi connectivity index (χ3v) is 5.47. The fourth-order valence-electron chi connectivity index (χ4n) is 3.82. The number of likely N-dealkylation sites (tertiary alicyclic amines) is 1. The van der Waals surface area contributed by atoms with Crippen molar-refractivity contribution in [3.05, 3.63) is 29.6 Å². The summed E-state index contributed by atoms with van der Waals surface area (Å²) in [4.78, 5) is 26.7. The van der Waals surface area contributed by atoms with Gasteiger partial charge >= 0.3 is 12.4 Å². The van der Waals surface area contributed by atoms with Crippen molar-refractivity contribution in [2.45, 2.75) is 44.6 Å². The van der Waals surface area contributed by atoms with Crippen LogP contribution in [0.5, 0.6) is 5.75 Å². The van der Waals surface area contributed by atoms with E-state index in [2.05, 4.69) is 10.1 Å². The molecule has 2 fully saturated rings. The van der Waals surface area contributed by atoms with Crippen LogP contribution in [0, 0.1) is 11.7 Å². The van der Waals surface area contributed by atoms with Crippen LogP contribution in [0.1, 0.15) is 31.2 Å². The minimum atomic E-state index is -4.94. The van der Waals surface area contributed by atoms with Gasteiger partial charge in [-0.1, -0.05) is 0 Å². The second-order valence-corrected chi connectivity index (χ2v) is 8.13. The number of aliphatic hydroxyl groups excluding tert-OH is 2. The number of halogens is 4. The topological polar surface area (TPSA) is 102 Å². The summed E-state index contributed by atoms with van der Waals surface area (Å²) in [5, 5.41) is 21.3. The van der Waals surface area contributed by atoms with Crippen LogP contribution in [0.15, 0.2) is 18.2 Å². The molecule has 33 heavy (non-hydrogen) atoms. The molecule has 1 saturated heterocycles. The van der Waals surface area contributed by atoms with Crippen molar-refractivity contribution in [2.24, 2.45) is 5.92 Å². The molecule has 1 atom stereocenters. The Kier molecular flexibility index (Phi) is 7.90. The Bertz CT molecular complexity index is 918. The molecule has 8 nitrogen and oxygen atoms in total. The number of urea groups is 1. The zero-order valence-electron chi connectivity index (χ0n) is 17.8. The first-order valence-electron chi connectivity index (χ1n) is 10.6. The first-order chi connectivity index (χ1) is 15.6. The predicted octanol–water partition coefficient (Wildman–Crippen LogP) is 1.77. The number of piperidine rings is 1. The third-order valence-electron chi connectivity index (χ3n) is 5.47. The second kappa shape index (κ2) is 10.5. The molecule has 0 radical (unpaired) electrons. The summed E-state index contributed by atoms with van der Waals surface area (Å²) in [6.45, 7) is -0.249. The Morgan fingerprint density at radius 2 is 1.97 bits per heavy atom. The number of nitrogens with one attached hydrogen (secondary N) is 1. The number of rotatable bonds is 7. The van der Waals surface area contributed by atoms with Crippen LogP contribution >= 0.6 is 0 Å². The fraction of sp³-hybridized carbons (Fsp3) is 0.571. The van der Waals surface area contributed by atoms with E-state index in [-0.39, 0.29) is 56.2 Å². The number of aliphatic hydroxyl groups is 2. The van der Waals surface area contributed by atoms with Crippen LogP contribution in [-0.2, 0) is 11.3 Å². The molecular weight excluding hydrogens is 450 g/mol. The summed E-state index contributed by atoms with van der Waals surface area (Å²) in [5.74, 6) is -2.20. The van der Waals surface area contributed by atoms with Gasteiger partial charge in [0.2, 0.25) is 5.91 Å². The third kappa shape index (κ3) is 6.87. The van der Waals surface area contributed by atoms with E-state index in [1.807, 2.05) is 0 Å². The van der Waals surface area contributed by atoms with Crippen LogP contribution < -0.4 is 10.1 Å². The van der Waals surface area contributed by atoms with Crippen molar-refractivity contribution in [3.8, 4) is 5.75 Å². The zero-order chi connectivity index (χ0) is 24.2. The number of hydrogen-bond donors (Lipinski definition) is 3. The van der Waals surface area contributed by atoms with Gasteiger partial charge in [0, 0.05) is 43.5 Å². The zero-order valence-corrected chi connectivity index (χ0v) is 17.8. The summed E-state index contributed by atoms with van der Waals surface area (Å²) < 4.78 is 56.3. The largest absolute Gasteiger partial charge is 0.573 e. The van der Waals surface area contributed by atoms with Gasteiger partial charge in [0.1, 0.15) is 29.9 Å². The number of carbonyl (C=O) groups excluding carboxylic acids is 2. The van der Waals surface area contributed by atoms with Crippen LogP contribution in [0.3, 0.4) is 0 Å². The standard InChI is InChI=1S/C21H25F4N3O5/c22-18-8-17(33-21(23,24)25)4-1-14(18)9-26-20(32)28(15-2-3-15)16-7-13(12-30)10-27(11-16)19(31)5-6-29/h1,4,8,13,15,29-30H,2-3,5-7,9-12H2/p+1/b28-16+/t13-/m0/s1. The van der Waals surface area contributed by atoms with Crippen molar-refractivity contribution < 1.29 is 46.7 Å². The lowest BCUT2D eigenvalue weighted by Gasteiger charge is -2.33. The van der Waals surface area contributed by atoms with E-state index < -0.39 is 24.0 Å². The maximum atomic E-state index is 14.2. The van der Waals surface area contributed by atoms with Crippen LogP contribution in [-0.4, -0.2) is 76.0 Å². The SMILES string of the molecule is O=C(CCO)N1C/C(=[N+](/C(=O)NCc2ccc(OC(F)(F)F)cc2F)C2CC2)C[C@H](CO)C1. The molecular formula is C21H26F4N3O5+. The molecule has 1 aromatic rings. The van der Waals surface area contributed by atoms with E-state index in [4.69, 9.17) is 5.11 Å². The van der Waals surface area contributed by atoms with E-state index in [1.165, 1.54) is 9.48 Å². The van der Waals surface area contributed by atoms with Gasteiger partial charge < -0.3 is 19.8 Å². The molecule has 0 aromatic heterocycles. The van der Waals surface area contributed by atoms with Gasteiger partial charge in [0.15, 0.2) is 0 Å². The first kappa shape index (κ1) is 24.9. The Morgan fingerprint density at radius 3 is 2.55 bits per heavy atom. The highest BCUT2D eigenvalue weighted by atomic mass is 19.4. The van der Waals surface area contributed by atoms with Gasteiger partial charge in [-0.15, -0.1) is 13.2 Å². The van der Waals surface area contributed by atoms with E-state index in [0.29, 0.717) is 24.7 Å². The van der Waals surface area contributed by atoms with Crippen molar-refractivity contribution >= 4 is 17.6 Å². The van der Waals surface area contributed by atoms with Gasteiger partial charge in [-0.2, -0.15) is 9.37 Å². The smallest absolute Gasteiger partial charge is 0.406 e. The van der Waals surface area contributed by atoms with E-state index >= 15 is 0 Å². The van der Waals surface area contributed by atoms with Crippen molar-refractivity contribution in [1.82, 2.24) is 10.2 Å². The number of amides is 3. The quantitative estimate of drug-likeness (QED) is 0.411. The number of ether oxygens (including phenoxy) is 1. The lowest BCUT2D eigenvalue weighted by molar-refractivity contribution is -0.447. The minimum absolute atomic E-state index is 0.0183. The molecule has 1 aliphatic carbocycles. The van der Waals surface area contributed by atoms with E-state index in [1.54, 1.807) is 0 Å². The van der Waals surface area contributed by atoms with E-state index in [0.717, 1.165) is 25.0 Å². The molecule has 12 heteroatoms. The Labute approximate surface area is 187 Å². The molecule has 1 heterocycles. The average Bonchev–Trinajstić information content (AvgIpc) is 3.57. The Balaban J connectivity index is 1.74. The van der Waals surface area contributed by atoms with Crippen LogP contribution in [0.4, 0.5) is 22.4 Å². The maximum absolute atomic E-state index is 14.2. The fourth-order valence-corrected chi connectivity index (χ4v) is 3.82. The molecule has 1 saturated carbocycles. The van der Waals surface area contributed by atoms with Gasteiger partial charge in [-0.25, -0.2) is 9.71 Å². The summed E-state index contributed by atoms with van der Waals surface area (Å²) >= 11 is 0. The molecule has 3 rings (SSSR count). The number of nitrogens with zero attached hydrogens (tertiary/aromatic N) is 2. The molecule has 182 valence electrons. The summed E-state index contributed by atoms with van der Waals surface area (Å²) in [5.41, 5.74) is 0.622. The lowest BCUT2D eigenvalue weighted by atomic mass is 9.96. The highest BCUT2D eigenvalue weighted by Gasteiger charge is 2.40. The lowest BCUT2D eigenvalue weighted by Crippen LogP contribution is -2.50. The van der Waals surface area contributed by atoms with Gasteiger partial charge in [0.25, 0.3) is 0 Å². The first-order valence-corrected chi connectivity index (χ1v) is 10.6. The van der Waals surface area contributed by atoms with Crippen LogP contribution in [0.25, 0.3) is 0 Å². The minimum Gasteiger partial charge on any atom is -0.406 e. The number of carbonyl (C=O) groups is 2. The maximum Gasteiger partial charge on any atom is 0.573 e. The highest BCUT2D eigenvalue weighted by molar-refractivity contribution is 5.91. The molecule has 3 amide bonds. The summed E-state index contributed by atoms with van der Waals surface area (Å²) in [7, 11) is 0. The number of hydrogen-bond acceptors (Lipinski definition) is 5. The summed E-state index contributed by atoms with van der Waals surface area (Å²) in [6, 6.07) is 2.06. The number of benzene rings is 1. The number of alkyl halides is 3. The Hall–Kier alpha value is -2.73. The van der Waals surface area contributed by atoms with Gasteiger partial charge in [-0.3, -0.25) is 4.79 Å². The second-order valence-electron chi connectivity index (χ2n) is 8.13. The average molecular weight is 476 g/mol. The van der Waals surface area contributed by atoms with Crippen molar-refractivity contribution in [1.29, 1.82) is 0 Å². The van der Waals surface area contributed by atoms with Crippen molar-refractivity contribution in [3.63, 3.8) is 0 Å². The van der Waals surface area contributed by atoms with Gasteiger partial charge in [0.05, 0.1) is 13.2 Å². The van der Waals surface area contributed by atoms with E-state index in [9.17, 15) is 32.3 Å². The molecule has 3 N–H and O–H groups in total. The normalized spacial score (nSPS) is 20.4. The Morgan fingerprint density at radius 1 is 1.24 bits per heavy atom. The van der Waals surface area contributed by atoms with Crippen LogP contribution in [0.2, 0.25) is 0 Å². The van der Waals surface area contributed by atoms with Crippen molar-refractivity contribution in [2.75, 3.05) is 26.3 Å². The monoisotopic (exact) mass is 476 g/mol. The molecule has 0 bridgehead atoms. The van der Waals surface area contributed by atoms with Gasteiger partial charge in [-0.05, 0) is 25.0 Å². The molecule has 0 spiro atoms. The molecule has 1 aliphatic heterocycles. The predicted molar refractivity (Wildman–Crippen MR) is 107 cm³/mol. The molecule has 1 aromatic carbocycles. The molecule has 0 unspecified atom stereocenters. The molecule has 2 aliphatic rings.